The molecule has 0 aliphatic heterocycles. The van der Waals surface area contributed by atoms with E-state index >= 15 is 0 Å². The predicted molar refractivity (Wildman–Crippen MR) is 58.0 cm³/mol. The molecule has 0 spiro atoms. The molecule has 13 heavy (non-hydrogen) atoms. The van der Waals surface area contributed by atoms with Gasteiger partial charge in [0.2, 0.25) is 0 Å². The van der Waals surface area contributed by atoms with Crippen molar-refractivity contribution < 1.29 is 4.57 Å². The Morgan fingerprint density at radius 3 is 2.54 bits per heavy atom. The summed E-state index contributed by atoms with van der Waals surface area (Å²) in [6.07, 6.45) is 1.57. The van der Waals surface area contributed by atoms with Gasteiger partial charge in [0.25, 0.3) is 0 Å². The van der Waals surface area contributed by atoms with Crippen molar-refractivity contribution >= 4 is 13.1 Å². The maximum absolute atomic E-state index is 11.7. The number of rotatable bonds is 4. The summed E-state index contributed by atoms with van der Waals surface area (Å²) >= 11 is 0. The number of hydrogen-bond acceptors (Lipinski definition) is 1. The first-order chi connectivity index (χ1) is 6.20. The Balaban J connectivity index is 2.54. The van der Waals surface area contributed by atoms with Gasteiger partial charge in [-0.05, 0) is 19.1 Å². The van der Waals surface area contributed by atoms with E-state index in [1.165, 1.54) is 0 Å². The van der Waals surface area contributed by atoms with Crippen molar-refractivity contribution in [1.29, 1.82) is 0 Å². The summed E-state index contributed by atoms with van der Waals surface area (Å²) < 4.78 is 11.7. The molecule has 1 atom stereocenters. The third-order valence-corrected chi connectivity index (χ3v) is 3.29. The van der Waals surface area contributed by atoms with Crippen LogP contribution in [0.1, 0.15) is 13.3 Å². The Hall–Kier alpha value is -0.940. The number of allylic oxidation sites excluding steroid dienone is 1. The third-order valence-electron chi connectivity index (χ3n) is 1.79. The van der Waals surface area contributed by atoms with Gasteiger partial charge in [0.1, 0.15) is 0 Å². The molecule has 0 bridgehead atoms. The molecule has 0 aromatic heterocycles. The maximum atomic E-state index is 11.7. The topological polar surface area (TPSA) is 17.1 Å². The minimum atomic E-state index is -1.22. The zero-order valence-electron chi connectivity index (χ0n) is 7.86. The van der Waals surface area contributed by atoms with Gasteiger partial charge in [-0.15, -0.1) is 0 Å². The lowest BCUT2D eigenvalue weighted by atomic mass is 10.3. The average Bonchev–Trinajstić information content (AvgIpc) is 2.15. The van der Waals surface area contributed by atoms with Gasteiger partial charge in [0.15, 0.2) is 11.5 Å². The number of benzene rings is 1. The van der Waals surface area contributed by atoms with Crippen LogP contribution in [0.25, 0.3) is 0 Å². The van der Waals surface area contributed by atoms with Gasteiger partial charge in [0.05, 0.1) is 0 Å². The minimum Gasteiger partial charge on any atom is -0.1000 e. The molecule has 0 amide bonds. The van der Waals surface area contributed by atoms with E-state index in [1.807, 2.05) is 37.3 Å². The fourth-order valence-electron chi connectivity index (χ4n) is 1.02. The zero-order chi connectivity index (χ0) is 9.68. The average molecular weight is 193 g/mol. The van der Waals surface area contributed by atoms with Gasteiger partial charge in [-0.25, -0.2) is 0 Å². The Kier molecular flexibility index (Phi) is 3.85. The summed E-state index contributed by atoms with van der Waals surface area (Å²) in [4.78, 5) is 0. The van der Waals surface area contributed by atoms with Crippen molar-refractivity contribution in [3.05, 3.63) is 42.5 Å². The van der Waals surface area contributed by atoms with Crippen molar-refractivity contribution in [3.63, 3.8) is 0 Å². The summed E-state index contributed by atoms with van der Waals surface area (Å²) in [7, 11) is -1.22. The second kappa shape index (κ2) is 4.94. The van der Waals surface area contributed by atoms with Crippen LogP contribution >= 0.6 is 7.80 Å². The molecule has 0 aliphatic rings. The van der Waals surface area contributed by atoms with Gasteiger partial charge < -0.3 is 0 Å². The summed E-state index contributed by atoms with van der Waals surface area (Å²) in [6, 6.07) is 9.60. The lowest BCUT2D eigenvalue weighted by molar-refractivity contribution is 0.592. The van der Waals surface area contributed by atoms with Crippen LogP contribution in [0.4, 0.5) is 0 Å². The monoisotopic (exact) mass is 193 g/mol. The Bertz CT molecular complexity index is 303. The van der Waals surface area contributed by atoms with Crippen LogP contribution in [-0.2, 0) is 4.57 Å². The lowest BCUT2D eigenvalue weighted by Crippen LogP contribution is -1.96. The van der Waals surface area contributed by atoms with Crippen LogP contribution in [0.2, 0.25) is 0 Å². The SMILES string of the molecule is C=C(C)CC[P+](=O)c1ccccc1. The predicted octanol–water partition coefficient (Wildman–Crippen LogP) is 3.11. The van der Waals surface area contributed by atoms with Gasteiger partial charge in [0, 0.05) is 6.42 Å². The van der Waals surface area contributed by atoms with E-state index in [-0.39, 0.29) is 0 Å². The highest BCUT2D eigenvalue weighted by Gasteiger charge is 2.17. The summed E-state index contributed by atoms with van der Waals surface area (Å²) in [6.45, 7) is 5.76. The van der Waals surface area contributed by atoms with Crippen molar-refractivity contribution in [3.8, 4) is 0 Å². The van der Waals surface area contributed by atoms with Crippen molar-refractivity contribution in [2.75, 3.05) is 6.16 Å². The Morgan fingerprint density at radius 1 is 1.38 bits per heavy atom. The lowest BCUT2D eigenvalue weighted by Gasteiger charge is -1.90. The molecule has 1 nitrogen and oxygen atoms in total. The van der Waals surface area contributed by atoms with E-state index in [0.29, 0.717) is 6.16 Å². The highest BCUT2D eigenvalue weighted by atomic mass is 31.1. The van der Waals surface area contributed by atoms with E-state index in [9.17, 15) is 4.57 Å². The fraction of sp³-hybridized carbons (Fsp3) is 0.273. The fourth-order valence-corrected chi connectivity index (χ4v) is 2.36. The molecule has 1 aromatic carbocycles. The molecular weight excluding hydrogens is 179 g/mol. The highest BCUT2D eigenvalue weighted by Crippen LogP contribution is 2.21. The van der Waals surface area contributed by atoms with Gasteiger partial charge in [-0.3, -0.25) is 0 Å². The van der Waals surface area contributed by atoms with Crippen LogP contribution in [0.15, 0.2) is 42.5 Å². The summed E-state index contributed by atoms with van der Waals surface area (Å²) in [5.41, 5.74) is 1.10. The highest BCUT2D eigenvalue weighted by molar-refractivity contribution is 7.53. The van der Waals surface area contributed by atoms with E-state index in [4.69, 9.17) is 0 Å². The molecule has 0 saturated heterocycles. The first-order valence-electron chi connectivity index (χ1n) is 4.34. The molecule has 0 radical (unpaired) electrons. The normalized spacial score (nSPS) is 11.0. The standard InChI is InChI=1S/C11H14OP/c1-10(2)8-9-13(12)11-6-4-3-5-7-11/h3-7H,1,8-9H2,2H3/q+1. The molecule has 2 heteroatoms. The molecule has 0 aliphatic carbocycles. The Labute approximate surface area is 80.3 Å². The van der Waals surface area contributed by atoms with E-state index in [1.54, 1.807) is 0 Å². The molecular formula is C11H14OP+. The smallest absolute Gasteiger partial charge is 0.1000 e. The second-order valence-electron chi connectivity index (χ2n) is 3.14. The van der Waals surface area contributed by atoms with Crippen molar-refractivity contribution in [1.82, 2.24) is 0 Å². The van der Waals surface area contributed by atoms with E-state index < -0.39 is 7.80 Å². The maximum Gasteiger partial charge on any atom is 0.377 e. The van der Waals surface area contributed by atoms with Crippen LogP contribution in [-0.4, -0.2) is 6.16 Å². The van der Waals surface area contributed by atoms with E-state index in [2.05, 4.69) is 6.58 Å². The quantitative estimate of drug-likeness (QED) is 0.530. The van der Waals surface area contributed by atoms with Crippen LogP contribution in [0, 0.1) is 0 Å². The van der Waals surface area contributed by atoms with Gasteiger partial charge >= 0.3 is 7.80 Å². The van der Waals surface area contributed by atoms with Gasteiger partial charge in [-0.2, -0.15) is 0 Å². The van der Waals surface area contributed by atoms with Gasteiger partial charge in [-0.1, -0.05) is 34.9 Å². The molecule has 0 N–H and O–H groups in total. The molecule has 1 rings (SSSR count). The largest absolute Gasteiger partial charge is 0.377 e. The zero-order valence-corrected chi connectivity index (χ0v) is 8.76. The summed E-state index contributed by atoms with van der Waals surface area (Å²) in [5, 5.41) is 0.943. The van der Waals surface area contributed by atoms with E-state index in [0.717, 1.165) is 17.3 Å². The third kappa shape index (κ3) is 3.52. The summed E-state index contributed by atoms with van der Waals surface area (Å²) in [5.74, 6) is 0. The molecule has 1 unspecified atom stereocenters. The van der Waals surface area contributed by atoms with Crippen LogP contribution < -0.4 is 5.30 Å². The molecule has 0 saturated carbocycles. The van der Waals surface area contributed by atoms with Crippen LogP contribution in [0.5, 0.6) is 0 Å². The first kappa shape index (κ1) is 10.1. The molecule has 1 aromatic rings. The van der Waals surface area contributed by atoms with Crippen molar-refractivity contribution in [2.45, 2.75) is 13.3 Å². The van der Waals surface area contributed by atoms with Crippen LogP contribution in [0.3, 0.4) is 0 Å². The first-order valence-corrected chi connectivity index (χ1v) is 5.79. The number of hydrogen-bond donors (Lipinski definition) is 0. The Morgan fingerprint density at radius 2 is 2.00 bits per heavy atom. The minimum absolute atomic E-state index is 0.717. The van der Waals surface area contributed by atoms with Crippen molar-refractivity contribution in [2.24, 2.45) is 0 Å². The molecule has 0 heterocycles. The second-order valence-corrected chi connectivity index (χ2v) is 4.87. The molecule has 68 valence electrons. The molecule has 0 fully saturated rings.